The Morgan fingerprint density at radius 2 is 1.57 bits per heavy atom. The highest BCUT2D eigenvalue weighted by Gasteiger charge is 2.30. The molecule has 0 heterocycles. The summed E-state index contributed by atoms with van der Waals surface area (Å²) in [5.74, 6) is -0.221. The lowest BCUT2D eigenvalue weighted by Crippen LogP contribution is -2.17. The molecule has 0 aliphatic rings. The van der Waals surface area contributed by atoms with Crippen molar-refractivity contribution in [3.05, 3.63) is 54.1 Å². The Balaban J connectivity index is 2.08. The van der Waals surface area contributed by atoms with Crippen molar-refractivity contribution in [3.63, 3.8) is 0 Å². The van der Waals surface area contributed by atoms with Crippen LogP contribution in [0.1, 0.15) is 19.4 Å². The fourth-order valence-corrected chi connectivity index (χ4v) is 1.86. The second-order valence-corrected chi connectivity index (χ2v) is 5.42. The van der Waals surface area contributed by atoms with Crippen molar-refractivity contribution in [2.24, 2.45) is 5.92 Å². The average Bonchev–Trinajstić information content (AvgIpc) is 2.48. The summed E-state index contributed by atoms with van der Waals surface area (Å²) >= 11 is 0. The maximum Gasteiger partial charge on any atom is 0.416 e. The van der Waals surface area contributed by atoms with Gasteiger partial charge in [0.2, 0.25) is 5.91 Å². The number of benzene rings is 2. The molecule has 23 heavy (non-hydrogen) atoms. The smallest absolute Gasteiger partial charge is 0.356 e. The number of hydrogen-bond donors (Lipinski definition) is 2. The van der Waals surface area contributed by atoms with Gasteiger partial charge < -0.3 is 10.6 Å². The SMILES string of the molecule is CC(C)C(=O)Nc1ccc(Nc2cccc(C(F)(F)F)c2)cc1. The number of hydrogen-bond acceptors (Lipinski definition) is 2. The Labute approximate surface area is 132 Å². The molecule has 6 heteroatoms. The first kappa shape index (κ1) is 16.9. The summed E-state index contributed by atoms with van der Waals surface area (Å²) in [6, 6.07) is 11.7. The largest absolute Gasteiger partial charge is 0.416 e. The molecule has 0 unspecified atom stereocenters. The number of anilines is 3. The van der Waals surface area contributed by atoms with Crippen molar-refractivity contribution in [2.75, 3.05) is 10.6 Å². The summed E-state index contributed by atoms with van der Waals surface area (Å²) in [5.41, 5.74) is 0.910. The topological polar surface area (TPSA) is 41.1 Å². The number of rotatable bonds is 4. The molecule has 0 spiro atoms. The van der Waals surface area contributed by atoms with E-state index in [4.69, 9.17) is 0 Å². The molecule has 1 amide bonds. The maximum atomic E-state index is 12.7. The number of halogens is 3. The van der Waals surface area contributed by atoms with Crippen molar-refractivity contribution >= 4 is 23.0 Å². The van der Waals surface area contributed by atoms with Crippen LogP contribution in [0.15, 0.2) is 48.5 Å². The van der Waals surface area contributed by atoms with Crippen molar-refractivity contribution in [2.45, 2.75) is 20.0 Å². The summed E-state index contributed by atoms with van der Waals surface area (Å²) < 4.78 is 38.0. The van der Waals surface area contributed by atoms with Crippen LogP contribution in [0.25, 0.3) is 0 Å². The maximum absolute atomic E-state index is 12.7. The van der Waals surface area contributed by atoms with Gasteiger partial charge in [-0.1, -0.05) is 19.9 Å². The van der Waals surface area contributed by atoms with Crippen molar-refractivity contribution < 1.29 is 18.0 Å². The molecular formula is C17H17F3N2O. The van der Waals surface area contributed by atoms with E-state index in [1.54, 1.807) is 44.2 Å². The van der Waals surface area contributed by atoms with Gasteiger partial charge in [0.25, 0.3) is 0 Å². The lowest BCUT2D eigenvalue weighted by Gasteiger charge is -2.12. The van der Waals surface area contributed by atoms with E-state index in [0.29, 0.717) is 17.1 Å². The number of carbonyl (C=O) groups excluding carboxylic acids is 1. The van der Waals surface area contributed by atoms with Gasteiger partial charge in [0.05, 0.1) is 5.56 Å². The summed E-state index contributed by atoms with van der Waals surface area (Å²) in [7, 11) is 0. The highest BCUT2D eigenvalue weighted by molar-refractivity contribution is 5.92. The third kappa shape index (κ3) is 4.74. The number of carbonyl (C=O) groups is 1. The van der Waals surface area contributed by atoms with Gasteiger partial charge in [0.1, 0.15) is 0 Å². The molecule has 2 rings (SSSR count). The third-order valence-electron chi connectivity index (χ3n) is 3.16. The average molecular weight is 322 g/mol. The van der Waals surface area contributed by atoms with Crippen LogP contribution in [0.4, 0.5) is 30.2 Å². The van der Waals surface area contributed by atoms with Crippen LogP contribution >= 0.6 is 0 Å². The fourth-order valence-electron chi connectivity index (χ4n) is 1.86. The van der Waals surface area contributed by atoms with Gasteiger partial charge in [-0.15, -0.1) is 0 Å². The van der Waals surface area contributed by atoms with Crippen molar-refractivity contribution in [1.82, 2.24) is 0 Å². The van der Waals surface area contributed by atoms with Gasteiger partial charge >= 0.3 is 6.18 Å². The second-order valence-electron chi connectivity index (χ2n) is 5.42. The minimum absolute atomic E-state index is 0.0939. The minimum atomic E-state index is -4.37. The lowest BCUT2D eigenvalue weighted by molar-refractivity contribution is -0.137. The van der Waals surface area contributed by atoms with Gasteiger partial charge in [-0.25, -0.2) is 0 Å². The van der Waals surface area contributed by atoms with Crippen molar-refractivity contribution in [1.29, 1.82) is 0 Å². The molecular weight excluding hydrogens is 305 g/mol. The van der Waals surface area contributed by atoms with Crippen LogP contribution in [0, 0.1) is 5.92 Å². The van der Waals surface area contributed by atoms with Crippen LogP contribution in [0.3, 0.4) is 0 Å². The molecule has 0 atom stereocenters. The first-order valence-corrected chi connectivity index (χ1v) is 7.11. The normalized spacial score (nSPS) is 11.4. The number of alkyl halides is 3. The standard InChI is InChI=1S/C17H17F3N2O/c1-11(2)16(23)22-14-8-6-13(7-9-14)21-15-5-3-4-12(10-15)17(18,19)20/h3-11,21H,1-2H3,(H,22,23). The molecule has 0 fully saturated rings. The van der Waals surface area contributed by atoms with E-state index in [9.17, 15) is 18.0 Å². The predicted octanol–water partition coefficient (Wildman–Crippen LogP) is 5.04. The van der Waals surface area contributed by atoms with Crippen LogP contribution in [0.2, 0.25) is 0 Å². The lowest BCUT2D eigenvalue weighted by atomic mass is 10.2. The Kier molecular flexibility index (Phi) is 4.93. The molecule has 122 valence electrons. The van der Waals surface area contributed by atoms with E-state index in [2.05, 4.69) is 10.6 Å². The van der Waals surface area contributed by atoms with Gasteiger partial charge in [-0.3, -0.25) is 4.79 Å². The van der Waals surface area contributed by atoms with E-state index in [-0.39, 0.29) is 11.8 Å². The van der Waals surface area contributed by atoms with Crippen LogP contribution in [-0.4, -0.2) is 5.91 Å². The first-order chi connectivity index (χ1) is 10.8. The van der Waals surface area contributed by atoms with Crippen LogP contribution < -0.4 is 10.6 Å². The number of nitrogens with one attached hydrogen (secondary N) is 2. The summed E-state index contributed by atoms with van der Waals surface area (Å²) in [4.78, 5) is 11.6. The second kappa shape index (κ2) is 6.73. The van der Waals surface area contributed by atoms with Crippen LogP contribution in [0.5, 0.6) is 0 Å². The molecule has 0 aliphatic carbocycles. The highest BCUT2D eigenvalue weighted by atomic mass is 19.4. The van der Waals surface area contributed by atoms with E-state index < -0.39 is 11.7 Å². The van der Waals surface area contributed by atoms with Gasteiger partial charge in [-0.2, -0.15) is 13.2 Å². The summed E-state index contributed by atoms with van der Waals surface area (Å²) in [6.45, 7) is 3.58. The molecule has 0 radical (unpaired) electrons. The zero-order valence-electron chi connectivity index (χ0n) is 12.7. The molecule has 0 bridgehead atoms. The Hall–Kier alpha value is -2.50. The quantitative estimate of drug-likeness (QED) is 0.827. The Bertz CT molecular complexity index is 679. The van der Waals surface area contributed by atoms with E-state index in [0.717, 1.165) is 12.1 Å². The van der Waals surface area contributed by atoms with E-state index >= 15 is 0 Å². The molecule has 0 saturated heterocycles. The minimum Gasteiger partial charge on any atom is -0.356 e. The Morgan fingerprint density at radius 1 is 0.957 bits per heavy atom. The van der Waals surface area contributed by atoms with Crippen LogP contribution in [-0.2, 0) is 11.0 Å². The molecule has 0 saturated carbocycles. The van der Waals surface area contributed by atoms with Crippen molar-refractivity contribution in [3.8, 4) is 0 Å². The van der Waals surface area contributed by atoms with Gasteiger partial charge in [0.15, 0.2) is 0 Å². The molecule has 3 nitrogen and oxygen atoms in total. The predicted molar refractivity (Wildman–Crippen MR) is 84.6 cm³/mol. The Morgan fingerprint density at radius 3 is 2.13 bits per heavy atom. The zero-order chi connectivity index (χ0) is 17.0. The number of amides is 1. The summed E-state index contributed by atoms with van der Waals surface area (Å²) in [6.07, 6.45) is -4.37. The molecule has 2 aromatic rings. The summed E-state index contributed by atoms with van der Waals surface area (Å²) in [5, 5.41) is 5.65. The first-order valence-electron chi connectivity index (χ1n) is 7.11. The molecule has 0 aromatic heterocycles. The third-order valence-corrected chi connectivity index (χ3v) is 3.16. The molecule has 0 aliphatic heterocycles. The van der Waals surface area contributed by atoms with Gasteiger partial charge in [-0.05, 0) is 42.5 Å². The molecule has 2 N–H and O–H groups in total. The zero-order valence-corrected chi connectivity index (χ0v) is 12.7. The van der Waals surface area contributed by atoms with E-state index in [1.807, 2.05) is 0 Å². The fraction of sp³-hybridized carbons (Fsp3) is 0.235. The monoisotopic (exact) mass is 322 g/mol. The van der Waals surface area contributed by atoms with E-state index in [1.165, 1.54) is 6.07 Å². The van der Waals surface area contributed by atoms with Gasteiger partial charge in [0, 0.05) is 23.0 Å². The highest BCUT2D eigenvalue weighted by Crippen LogP contribution is 2.31. The molecule has 2 aromatic carbocycles.